The third-order valence-electron chi connectivity index (χ3n) is 3.35. The highest BCUT2D eigenvalue weighted by atomic mass is 15.2. The minimum absolute atomic E-state index is 0.223. The van der Waals surface area contributed by atoms with E-state index in [0.717, 1.165) is 17.6 Å². The molecule has 1 unspecified atom stereocenters. The average molecular weight is 255 g/mol. The molecule has 0 spiro atoms. The summed E-state index contributed by atoms with van der Waals surface area (Å²) in [7, 11) is 0. The van der Waals surface area contributed by atoms with Crippen molar-refractivity contribution < 1.29 is 0 Å². The summed E-state index contributed by atoms with van der Waals surface area (Å²) < 4.78 is 4.13. The molecule has 1 atom stereocenters. The van der Waals surface area contributed by atoms with E-state index in [1.807, 2.05) is 23.2 Å². The van der Waals surface area contributed by atoms with Crippen molar-refractivity contribution in [3.05, 3.63) is 42.5 Å². The Morgan fingerprint density at radius 2 is 2.21 bits per heavy atom. The Bertz CT molecular complexity index is 696. The molecule has 98 valence electrons. The summed E-state index contributed by atoms with van der Waals surface area (Å²) in [5.41, 5.74) is 9.30. The van der Waals surface area contributed by atoms with Crippen LogP contribution in [-0.2, 0) is 6.54 Å². The zero-order valence-electron chi connectivity index (χ0n) is 11.1. The normalized spacial score (nSPS) is 12.9. The van der Waals surface area contributed by atoms with Crippen LogP contribution in [0.15, 0.2) is 36.9 Å². The van der Waals surface area contributed by atoms with E-state index in [1.165, 1.54) is 5.56 Å². The molecule has 0 amide bonds. The molecule has 19 heavy (non-hydrogen) atoms. The molecule has 0 saturated carbocycles. The van der Waals surface area contributed by atoms with Crippen LogP contribution in [0, 0.1) is 6.92 Å². The summed E-state index contributed by atoms with van der Waals surface area (Å²) >= 11 is 0. The quantitative estimate of drug-likeness (QED) is 0.781. The third-order valence-corrected chi connectivity index (χ3v) is 3.35. The summed E-state index contributed by atoms with van der Waals surface area (Å²) in [6.07, 6.45) is 5.56. The number of aromatic nitrogens is 4. The maximum Gasteiger partial charge on any atom is 0.201 e. The van der Waals surface area contributed by atoms with Gasteiger partial charge in [-0.2, -0.15) is 0 Å². The lowest BCUT2D eigenvalue weighted by atomic mass is 10.2. The van der Waals surface area contributed by atoms with Gasteiger partial charge >= 0.3 is 0 Å². The van der Waals surface area contributed by atoms with E-state index in [-0.39, 0.29) is 6.04 Å². The molecule has 0 aliphatic carbocycles. The summed E-state index contributed by atoms with van der Waals surface area (Å²) in [4.78, 5) is 8.48. The zero-order chi connectivity index (χ0) is 13.4. The number of aryl methyl sites for hydroxylation is 1. The van der Waals surface area contributed by atoms with Crippen LogP contribution in [-0.4, -0.2) is 19.1 Å². The Hall–Kier alpha value is -2.30. The van der Waals surface area contributed by atoms with Crippen LogP contribution >= 0.6 is 0 Å². The fraction of sp³-hybridized carbons (Fsp3) is 0.286. The molecule has 0 aliphatic heterocycles. The molecule has 5 nitrogen and oxygen atoms in total. The van der Waals surface area contributed by atoms with Gasteiger partial charge in [-0.25, -0.2) is 9.97 Å². The van der Waals surface area contributed by atoms with Gasteiger partial charge in [0.1, 0.15) is 0 Å². The van der Waals surface area contributed by atoms with Crippen molar-refractivity contribution in [2.75, 3.05) is 5.73 Å². The maximum atomic E-state index is 6.06. The van der Waals surface area contributed by atoms with E-state index in [0.29, 0.717) is 5.95 Å². The van der Waals surface area contributed by atoms with Gasteiger partial charge in [0, 0.05) is 18.9 Å². The first kappa shape index (κ1) is 11.8. The fourth-order valence-corrected chi connectivity index (χ4v) is 2.47. The maximum absolute atomic E-state index is 6.06. The van der Waals surface area contributed by atoms with Gasteiger partial charge in [-0.05, 0) is 31.5 Å². The molecule has 1 aromatic carbocycles. The van der Waals surface area contributed by atoms with Gasteiger partial charge in [0.2, 0.25) is 5.95 Å². The van der Waals surface area contributed by atoms with Gasteiger partial charge in [0.25, 0.3) is 0 Å². The molecule has 0 aliphatic rings. The average Bonchev–Trinajstić information content (AvgIpc) is 2.95. The second-order valence-corrected chi connectivity index (χ2v) is 4.94. The monoisotopic (exact) mass is 255 g/mol. The summed E-state index contributed by atoms with van der Waals surface area (Å²) in [6, 6.07) is 6.42. The third kappa shape index (κ3) is 2.07. The van der Waals surface area contributed by atoms with Crippen molar-refractivity contribution in [3.63, 3.8) is 0 Å². The molecule has 0 bridgehead atoms. The van der Waals surface area contributed by atoms with Crippen LogP contribution in [0.3, 0.4) is 0 Å². The fourth-order valence-electron chi connectivity index (χ4n) is 2.47. The molecule has 5 heteroatoms. The van der Waals surface area contributed by atoms with Gasteiger partial charge in [0.15, 0.2) is 0 Å². The lowest BCUT2D eigenvalue weighted by Gasteiger charge is -2.16. The Balaban J connectivity index is 2.03. The predicted molar refractivity (Wildman–Crippen MR) is 75.8 cm³/mol. The molecule has 0 saturated heterocycles. The number of fused-ring (bicyclic) bond motifs is 1. The van der Waals surface area contributed by atoms with Crippen molar-refractivity contribution in [2.24, 2.45) is 0 Å². The van der Waals surface area contributed by atoms with E-state index in [4.69, 9.17) is 5.73 Å². The van der Waals surface area contributed by atoms with Crippen LogP contribution in [0.5, 0.6) is 0 Å². The molecular formula is C14H17N5. The SMILES string of the molecule is Cc1ccc2nc(N)n(C(C)Cn3ccnc3)c2c1. The summed E-state index contributed by atoms with van der Waals surface area (Å²) in [5, 5.41) is 0. The van der Waals surface area contributed by atoms with Crippen LogP contribution in [0.25, 0.3) is 11.0 Å². The van der Waals surface area contributed by atoms with Gasteiger partial charge in [-0.1, -0.05) is 6.07 Å². The van der Waals surface area contributed by atoms with E-state index in [2.05, 4.69) is 40.5 Å². The zero-order valence-corrected chi connectivity index (χ0v) is 11.1. The number of hydrogen-bond acceptors (Lipinski definition) is 3. The number of imidazole rings is 2. The first-order chi connectivity index (χ1) is 9.15. The van der Waals surface area contributed by atoms with Crippen molar-refractivity contribution in [1.82, 2.24) is 19.1 Å². The van der Waals surface area contributed by atoms with Crippen LogP contribution in [0.4, 0.5) is 5.95 Å². The van der Waals surface area contributed by atoms with Crippen LogP contribution in [0.1, 0.15) is 18.5 Å². The number of nitrogens with zero attached hydrogens (tertiary/aromatic N) is 4. The highest BCUT2D eigenvalue weighted by Gasteiger charge is 2.14. The molecule has 2 aromatic heterocycles. The smallest absolute Gasteiger partial charge is 0.201 e. The van der Waals surface area contributed by atoms with Crippen molar-refractivity contribution in [2.45, 2.75) is 26.4 Å². The summed E-state index contributed by atoms with van der Waals surface area (Å²) in [6.45, 7) is 5.04. The number of benzene rings is 1. The summed E-state index contributed by atoms with van der Waals surface area (Å²) in [5.74, 6) is 0.563. The Labute approximate surface area is 111 Å². The van der Waals surface area contributed by atoms with Crippen molar-refractivity contribution in [1.29, 1.82) is 0 Å². The Morgan fingerprint density at radius 3 is 2.95 bits per heavy atom. The highest BCUT2D eigenvalue weighted by Crippen LogP contribution is 2.24. The minimum atomic E-state index is 0.223. The molecule has 2 N–H and O–H groups in total. The van der Waals surface area contributed by atoms with E-state index < -0.39 is 0 Å². The van der Waals surface area contributed by atoms with E-state index in [9.17, 15) is 0 Å². The Kier molecular flexibility index (Phi) is 2.74. The van der Waals surface area contributed by atoms with Gasteiger partial charge in [0.05, 0.1) is 23.4 Å². The van der Waals surface area contributed by atoms with Crippen molar-refractivity contribution >= 4 is 17.0 Å². The largest absolute Gasteiger partial charge is 0.369 e. The molecule has 0 radical (unpaired) electrons. The molecular weight excluding hydrogens is 238 g/mol. The highest BCUT2D eigenvalue weighted by molar-refractivity contribution is 5.79. The van der Waals surface area contributed by atoms with Gasteiger partial charge in [-0.3, -0.25) is 0 Å². The standard InChI is InChI=1S/C14H17N5/c1-10-3-4-12-13(7-10)19(14(15)17-12)11(2)8-18-6-5-16-9-18/h3-7,9,11H,8H2,1-2H3,(H2,15,17). The lowest BCUT2D eigenvalue weighted by Crippen LogP contribution is -2.14. The molecule has 3 rings (SSSR count). The number of nitrogen functional groups attached to an aromatic ring is 1. The topological polar surface area (TPSA) is 61.7 Å². The molecule has 2 heterocycles. The van der Waals surface area contributed by atoms with Crippen LogP contribution < -0.4 is 5.73 Å². The first-order valence-electron chi connectivity index (χ1n) is 6.35. The first-order valence-corrected chi connectivity index (χ1v) is 6.35. The number of hydrogen-bond donors (Lipinski definition) is 1. The predicted octanol–water partition coefficient (Wildman–Crippen LogP) is 2.38. The number of nitrogens with two attached hydrogens (primary N) is 1. The van der Waals surface area contributed by atoms with Crippen molar-refractivity contribution in [3.8, 4) is 0 Å². The number of rotatable bonds is 3. The molecule has 3 aromatic rings. The second kappa shape index (κ2) is 4.42. The minimum Gasteiger partial charge on any atom is -0.369 e. The lowest BCUT2D eigenvalue weighted by molar-refractivity contribution is 0.479. The van der Waals surface area contributed by atoms with E-state index in [1.54, 1.807) is 6.20 Å². The van der Waals surface area contributed by atoms with Gasteiger partial charge < -0.3 is 14.9 Å². The Morgan fingerprint density at radius 1 is 1.37 bits per heavy atom. The number of anilines is 1. The second-order valence-electron chi connectivity index (χ2n) is 4.94. The molecule has 0 fully saturated rings. The van der Waals surface area contributed by atoms with Crippen LogP contribution in [0.2, 0.25) is 0 Å². The van der Waals surface area contributed by atoms with E-state index >= 15 is 0 Å². The van der Waals surface area contributed by atoms with Gasteiger partial charge in [-0.15, -0.1) is 0 Å².